The maximum absolute atomic E-state index is 5.98. The molecule has 0 bridgehead atoms. The number of hydrogen-bond acceptors (Lipinski definition) is 2. The molecule has 0 aromatic carbocycles. The van der Waals surface area contributed by atoms with Gasteiger partial charge in [0.2, 0.25) is 0 Å². The maximum atomic E-state index is 5.98. The van der Waals surface area contributed by atoms with Gasteiger partial charge in [0.1, 0.15) is 0 Å². The van der Waals surface area contributed by atoms with E-state index in [-0.39, 0.29) is 0 Å². The lowest BCUT2D eigenvalue weighted by Gasteiger charge is -2.43. The summed E-state index contributed by atoms with van der Waals surface area (Å²) in [5, 5.41) is 0. The van der Waals surface area contributed by atoms with E-state index < -0.39 is 0 Å². The Labute approximate surface area is 132 Å². The SMILES string of the molecule is CC1CCC(C(NN)C2CCC(C(C)(C)C)CC2)CC1C. The van der Waals surface area contributed by atoms with Crippen molar-refractivity contribution in [3.05, 3.63) is 0 Å². The largest absolute Gasteiger partial charge is 0.271 e. The fourth-order valence-electron chi connectivity index (χ4n) is 4.92. The minimum absolute atomic E-state index is 0.478. The van der Waals surface area contributed by atoms with Crippen molar-refractivity contribution in [2.75, 3.05) is 0 Å². The van der Waals surface area contributed by atoms with Crippen LogP contribution in [0.5, 0.6) is 0 Å². The highest BCUT2D eigenvalue weighted by Crippen LogP contribution is 2.44. The number of nitrogens with two attached hydrogens (primary N) is 1. The van der Waals surface area contributed by atoms with E-state index >= 15 is 0 Å². The Hall–Kier alpha value is -0.0800. The van der Waals surface area contributed by atoms with Gasteiger partial charge in [-0.1, -0.05) is 41.0 Å². The number of hydrazine groups is 1. The second kappa shape index (κ2) is 7.00. The second-order valence-corrected chi connectivity index (χ2v) is 9.20. The molecule has 4 unspecified atom stereocenters. The van der Waals surface area contributed by atoms with Crippen LogP contribution in [0.25, 0.3) is 0 Å². The smallest absolute Gasteiger partial charge is 0.0267 e. The molecule has 2 heteroatoms. The molecule has 0 aromatic rings. The van der Waals surface area contributed by atoms with Crippen LogP contribution in [0.2, 0.25) is 0 Å². The molecule has 2 saturated carbocycles. The van der Waals surface area contributed by atoms with Gasteiger partial charge in [-0.25, -0.2) is 0 Å². The summed E-state index contributed by atoms with van der Waals surface area (Å²) in [7, 11) is 0. The third kappa shape index (κ3) is 4.22. The molecule has 2 fully saturated rings. The fourth-order valence-corrected chi connectivity index (χ4v) is 4.92. The number of rotatable bonds is 3. The van der Waals surface area contributed by atoms with Crippen LogP contribution in [-0.2, 0) is 0 Å². The topological polar surface area (TPSA) is 38.0 Å². The average Bonchev–Trinajstić information content (AvgIpc) is 2.43. The van der Waals surface area contributed by atoms with Gasteiger partial charge in [0, 0.05) is 6.04 Å². The lowest BCUT2D eigenvalue weighted by molar-refractivity contribution is 0.0894. The molecule has 3 N–H and O–H groups in total. The molecule has 0 spiro atoms. The van der Waals surface area contributed by atoms with Crippen LogP contribution in [0.15, 0.2) is 0 Å². The molecule has 21 heavy (non-hydrogen) atoms. The molecular formula is C19H38N2. The predicted molar refractivity (Wildman–Crippen MR) is 91.7 cm³/mol. The first-order valence-electron chi connectivity index (χ1n) is 9.29. The first kappa shape index (κ1) is 17.3. The van der Waals surface area contributed by atoms with E-state index in [1.54, 1.807) is 0 Å². The third-order valence-electron chi connectivity index (χ3n) is 6.84. The van der Waals surface area contributed by atoms with Crippen LogP contribution < -0.4 is 11.3 Å². The lowest BCUT2D eigenvalue weighted by Crippen LogP contribution is -2.49. The summed E-state index contributed by atoms with van der Waals surface area (Å²) in [6.07, 6.45) is 9.67. The van der Waals surface area contributed by atoms with E-state index in [1.807, 2.05) is 0 Å². The van der Waals surface area contributed by atoms with Crippen LogP contribution in [0.3, 0.4) is 0 Å². The molecule has 0 aromatic heterocycles. The van der Waals surface area contributed by atoms with Gasteiger partial charge < -0.3 is 0 Å². The van der Waals surface area contributed by atoms with Crippen molar-refractivity contribution >= 4 is 0 Å². The van der Waals surface area contributed by atoms with Gasteiger partial charge in [0.15, 0.2) is 0 Å². The van der Waals surface area contributed by atoms with Crippen LogP contribution in [-0.4, -0.2) is 6.04 Å². The summed E-state index contributed by atoms with van der Waals surface area (Å²) < 4.78 is 0. The maximum Gasteiger partial charge on any atom is 0.0267 e. The van der Waals surface area contributed by atoms with E-state index in [2.05, 4.69) is 40.0 Å². The monoisotopic (exact) mass is 294 g/mol. The Balaban J connectivity index is 1.91. The van der Waals surface area contributed by atoms with Crippen molar-refractivity contribution in [3.63, 3.8) is 0 Å². The zero-order valence-electron chi connectivity index (χ0n) is 15.0. The van der Waals surface area contributed by atoms with Gasteiger partial charge in [-0.15, -0.1) is 0 Å². The van der Waals surface area contributed by atoms with Gasteiger partial charge in [-0.05, 0) is 73.5 Å². The molecule has 0 saturated heterocycles. The third-order valence-corrected chi connectivity index (χ3v) is 6.84. The Bertz CT molecular complexity index is 312. The van der Waals surface area contributed by atoms with E-state index in [9.17, 15) is 0 Å². The molecule has 2 aliphatic rings. The molecule has 2 nitrogen and oxygen atoms in total. The van der Waals surface area contributed by atoms with Gasteiger partial charge in [-0.3, -0.25) is 11.3 Å². The van der Waals surface area contributed by atoms with Crippen molar-refractivity contribution < 1.29 is 0 Å². The van der Waals surface area contributed by atoms with Crippen LogP contribution in [0.4, 0.5) is 0 Å². The zero-order valence-corrected chi connectivity index (χ0v) is 15.0. The minimum Gasteiger partial charge on any atom is -0.271 e. The number of nitrogens with one attached hydrogen (secondary N) is 1. The van der Waals surface area contributed by atoms with Crippen LogP contribution in [0.1, 0.15) is 79.6 Å². The van der Waals surface area contributed by atoms with E-state index in [0.29, 0.717) is 11.5 Å². The van der Waals surface area contributed by atoms with Crippen molar-refractivity contribution in [3.8, 4) is 0 Å². The molecule has 0 radical (unpaired) electrons. The summed E-state index contributed by atoms with van der Waals surface area (Å²) in [5.41, 5.74) is 3.71. The van der Waals surface area contributed by atoms with Crippen molar-refractivity contribution in [1.29, 1.82) is 0 Å². The first-order valence-corrected chi connectivity index (χ1v) is 9.29. The van der Waals surface area contributed by atoms with Gasteiger partial charge in [-0.2, -0.15) is 0 Å². The summed E-state index contributed by atoms with van der Waals surface area (Å²) in [5.74, 6) is 10.3. The molecule has 2 aliphatic carbocycles. The first-order chi connectivity index (χ1) is 9.82. The van der Waals surface area contributed by atoms with Gasteiger partial charge in [0.25, 0.3) is 0 Å². The Morgan fingerprint density at radius 2 is 1.43 bits per heavy atom. The quantitative estimate of drug-likeness (QED) is 0.582. The molecule has 124 valence electrons. The minimum atomic E-state index is 0.478. The highest BCUT2D eigenvalue weighted by atomic mass is 15.2. The summed E-state index contributed by atoms with van der Waals surface area (Å²) >= 11 is 0. The van der Waals surface area contributed by atoms with Crippen LogP contribution in [0, 0.1) is 35.0 Å². The average molecular weight is 295 g/mol. The molecule has 0 amide bonds. The standard InChI is InChI=1S/C19H38N2/c1-13-6-7-16(12-14(13)2)18(21-20)15-8-10-17(11-9-15)19(3,4)5/h13-18,21H,6-12,20H2,1-5H3. The van der Waals surface area contributed by atoms with Gasteiger partial charge in [0.05, 0.1) is 0 Å². The Morgan fingerprint density at radius 3 is 1.90 bits per heavy atom. The molecule has 0 aliphatic heterocycles. The normalized spacial score (nSPS) is 40.0. The Kier molecular flexibility index (Phi) is 5.76. The highest BCUT2D eigenvalue weighted by molar-refractivity contribution is 4.90. The highest BCUT2D eigenvalue weighted by Gasteiger charge is 2.37. The molecule has 0 heterocycles. The van der Waals surface area contributed by atoms with Crippen molar-refractivity contribution in [2.45, 2.75) is 85.6 Å². The Morgan fingerprint density at radius 1 is 0.857 bits per heavy atom. The predicted octanol–water partition coefficient (Wildman–Crippen LogP) is 4.74. The van der Waals surface area contributed by atoms with Crippen LogP contribution >= 0.6 is 0 Å². The summed E-state index contributed by atoms with van der Waals surface area (Å²) in [6.45, 7) is 12.1. The van der Waals surface area contributed by atoms with E-state index in [4.69, 9.17) is 5.84 Å². The molecule has 2 rings (SSSR count). The van der Waals surface area contributed by atoms with E-state index in [1.165, 1.54) is 44.9 Å². The molecular weight excluding hydrogens is 256 g/mol. The summed E-state index contributed by atoms with van der Waals surface area (Å²) in [6, 6.07) is 0.556. The van der Waals surface area contributed by atoms with Gasteiger partial charge >= 0.3 is 0 Å². The fraction of sp³-hybridized carbons (Fsp3) is 1.00. The van der Waals surface area contributed by atoms with Crippen molar-refractivity contribution in [1.82, 2.24) is 5.43 Å². The van der Waals surface area contributed by atoms with E-state index in [0.717, 1.165) is 29.6 Å². The lowest BCUT2D eigenvalue weighted by atomic mass is 9.65. The second-order valence-electron chi connectivity index (χ2n) is 9.20. The zero-order chi connectivity index (χ0) is 15.6. The van der Waals surface area contributed by atoms with Crippen molar-refractivity contribution in [2.24, 2.45) is 40.8 Å². The molecule has 4 atom stereocenters. The summed E-state index contributed by atoms with van der Waals surface area (Å²) in [4.78, 5) is 0. The number of hydrogen-bond donors (Lipinski definition) is 2.